The summed E-state index contributed by atoms with van der Waals surface area (Å²) in [5.74, 6) is 1.31. The minimum Gasteiger partial charge on any atom is -0.352 e. The van der Waals surface area contributed by atoms with Crippen molar-refractivity contribution in [2.75, 3.05) is 43.8 Å². The zero-order chi connectivity index (χ0) is 20.2. The van der Waals surface area contributed by atoms with E-state index in [-0.39, 0.29) is 5.91 Å². The van der Waals surface area contributed by atoms with E-state index in [4.69, 9.17) is 0 Å². The van der Waals surface area contributed by atoms with Gasteiger partial charge in [0.05, 0.1) is 11.9 Å². The number of carbonyl (C=O) groups excluding carboxylic acids is 1. The van der Waals surface area contributed by atoms with E-state index in [1.165, 1.54) is 17.8 Å². The van der Waals surface area contributed by atoms with Gasteiger partial charge in [-0.15, -0.1) is 0 Å². The molecular formula is C20H33N3O3S. The summed E-state index contributed by atoms with van der Waals surface area (Å²) in [6, 6.07) is 5.15. The fourth-order valence-electron chi connectivity index (χ4n) is 3.85. The van der Waals surface area contributed by atoms with Crippen molar-refractivity contribution in [3.05, 3.63) is 29.3 Å². The molecule has 1 aliphatic rings. The van der Waals surface area contributed by atoms with Gasteiger partial charge in [0.1, 0.15) is 0 Å². The van der Waals surface area contributed by atoms with Gasteiger partial charge in [-0.3, -0.25) is 9.10 Å². The molecule has 1 heterocycles. The molecule has 1 aliphatic heterocycles. The molecule has 0 saturated carbocycles. The van der Waals surface area contributed by atoms with Crippen molar-refractivity contribution < 1.29 is 13.2 Å². The SMILES string of the molecule is Cc1ccc(C(=O)NCCCN2CC(C)CC(C)C2)cc1N(C)S(C)(=O)=O. The van der Waals surface area contributed by atoms with Gasteiger partial charge in [-0.25, -0.2) is 8.42 Å². The second-order valence-electron chi connectivity index (χ2n) is 8.05. The normalized spacial score (nSPS) is 21.1. The number of rotatable bonds is 7. The van der Waals surface area contributed by atoms with E-state index in [0.29, 0.717) is 17.8 Å². The Balaban J connectivity index is 1.89. The van der Waals surface area contributed by atoms with Crippen LogP contribution in [0.1, 0.15) is 42.6 Å². The first-order valence-electron chi connectivity index (χ1n) is 9.63. The molecule has 152 valence electrons. The lowest BCUT2D eigenvalue weighted by Crippen LogP contribution is -2.40. The topological polar surface area (TPSA) is 69.7 Å². The molecule has 1 aromatic rings. The molecule has 1 N–H and O–H groups in total. The van der Waals surface area contributed by atoms with Crippen molar-refractivity contribution in [1.29, 1.82) is 0 Å². The average molecular weight is 396 g/mol. The van der Waals surface area contributed by atoms with Gasteiger partial charge in [-0.2, -0.15) is 0 Å². The van der Waals surface area contributed by atoms with Crippen molar-refractivity contribution >= 4 is 21.6 Å². The standard InChI is InChI=1S/C20H33N3O3S/c1-15-11-16(2)14-23(13-15)10-6-9-21-20(24)18-8-7-17(3)19(12-18)22(4)27(5,25)26/h7-8,12,15-16H,6,9-11,13-14H2,1-5H3,(H,21,24). The highest BCUT2D eigenvalue weighted by Gasteiger charge is 2.21. The molecule has 1 amide bonds. The predicted octanol–water partition coefficient (Wildman–Crippen LogP) is 2.49. The minimum absolute atomic E-state index is 0.168. The van der Waals surface area contributed by atoms with Gasteiger partial charge in [-0.1, -0.05) is 19.9 Å². The highest BCUT2D eigenvalue weighted by Crippen LogP contribution is 2.23. The summed E-state index contributed by atoms with van der Waals surface area (Å²) in [5, 5.41) is 2.95. The maximum Gasteiger partial charge on any atom is 0.251 e. The molecular weight excluding hydrogens is 362 g/mol. The lowest BCUT2D eigenvalue weighted by molar-refractivity contribution is 0.0947. The molecule has 2 rings (SSSR count). The molecule has 2 atom stereocenters. The molecule has 0 spiro atoms. The van der Waals surface area contributed by atoms with E-state index in [2.05, 4.69) is 24.1 Å². The summed E-state index contributed by atoms with van der Waals surface area (Å²) >= 11 is 0. The Morgan fingerprint density at radius 1 is 1.26 bits per heavy atom. The van der Waals surface area contributed by atoms with E-state index >= 15 is 0 Å². The van der Waals surface area contributed by atoms with Crippen LogP contribution in [0.3, 0.4) is 0 Å². The number of aryl methyl sites for hydroxylation is 1. The Hall–Kier alpha value is -1.60. The minimum atomic E-state index is -3.37. The van der Waals surface area contributed by atoms with Crippen LogP contribution in [0.2, 0.25) is 0 Å². The van der Waals surface area contributed by atoms with Crippen molar-refractivity contribution in [1.82, 2.24) is 10.2 Å². The molecule has 1 saturated heterocycles. The summed E-state index contributed by atoms with van der Waals surface area (Å²) < 4.78 is 24.8. The first-order valence-corrected chi connectivity index (χ1v) is 11.5. The Morgan fingerprint density at radius 3 is 2.48 bits per heavy atom. The third-order valence-electron chi connectivity index (χ3n) is 5.19. The zero-order valence-corrected chi connectivity index (χ0v) is 18.0. The van der Waals surface area contributed by atoms with Crippen LogP contribution in [-0.2, 0) is 10.0 Å². The first-order chi connectivity index (χ1) is 12.6. The number of nitrogens with one attached hydrogen (secondary N) is 1. The fourth-order valence-corrected chi connectivity index (χ4v) is 4.40. The Kier molecular flexibility index (Phi) is 7.28. The van der Waals surface area contributed by atoms with Crippen LogP contribution in [0.4, 0.5) is 5.69 Å². The summed E-state index contributed by atoms with van der Waals surface area (Å²) in [6.07, 6.45) is 3.36. The second kappa shape index (κ2) is 9.06. The molecule has 1 aromatic carbocycles. The number of benzene rings is 1. The number of amides is 1. The van der Waals surface area contributed by atoms with Gasteiger partial charge in [0.25, 0.3) is 5.91 Å². The monoisotopic (exact) mass is 395 g/mol. The van der Waals surface area contributed by atoms with Crippen LogP contribution < -0.4 is 9.62 Å². The van der Waals surface area contributed by atoms with E-state index in [1.807, 2.05) is 6.92 Å². The fraction of sp³-hybridized carbons (Fsp3) is 0.650. The number of carbonyl (C=O) groups is 1. The second-order valence-corrected chi connectivity index (χ2v) is 10.1. The van der Waals surface area contributed by atoms with Crippen LogP contribution >= 0.6 is 0 Å². The lowest BCUT2D eigenvalue weighted by Gasteiger charge is -2.34. The van der Waals surface area contributed by atoms with Crippen LogP contribution in [0.5, 0.6) is 0 Å². The van der Waals surface area contributed by atoms with Crippen molar-refractivity contribution in [3.63, 3.8) is 0 Å². The van der Waals surface area contributed by atoms with Gasteiger partial charge >= 0.3 is 0 Å². The third-order valence-corrected chi connectivity index (χ3v) is 6.38. The number of sulfonamides is 1. The van der Waals surface area contributed by atoms with Crippen LogP contribution in [0, 0.1) is 18.8 Å². The Labute approximate surface area is 164 Å². The van der Waals surface area contributed by atoms with Crippen molar-refractivity contribution in [2.45, 2.75) is 33.6 Å². The Morgan fingerprint density at radius 2 is 1.89 bits per heavy atom. The maximum atomic E-state index is 12.4. The van der Waals surface area contributed by atoms with E-state index < -0.39 is 10.0 Å². The molecule has 0 aromatic heterocycles. The molecule has 0 bridgehead atoms. The molecule has 1 fully saturated rings. The first kappa shape index (κ1) is 21.7. The number of hydrogen-bond donors (Lipinski definition) is 1. The largest absolute Gasteiger partial charge is 0.352 e. The van der Waals surface area contributed by atoms with Crippen LogP contribution in [0.15, 0.2) is 18.2 Å². The van der Waals surface area contributed by atoms with Gasteiger partial charge in [0.2, 0.25) is 10.0 Å². The van der Waals surface area contributed by atoms with Gasteiger partial charge in [0, 0.05) is 32.2 Å². The van der Waals surface area contributed by atoms with E-state index in [0.717, 1.165) is 49.7 Å². The van der Waals surface area contributed by atoms with E-state index in [9.17, 15) is 13.2 Å². The smallest absolute Gasteiger partial charge is 0.251 e. The number of hydrogen-bond acceptors (Lipinski definition) is 4. The highest BCUT2D eigenvalue weighted by molar-refractivity contribution is 7.92. The number of piperidine rings is 1. The van der Waals surface area contributed by atoms with Gasteiger partial charge < -0.3 is 10.2 Å². The third kappa shape index (κ3) is 6.21. The van der Waals surface area contributed by atoms with Crippen LogP contribution in [-0.4, -0.2) is 58.7 Å². The quantitative estimate of drug-likeness (QED) is 0.720. The van der Waals surface area contributed by atoms with E-state index in [1.54, 1.807) is 18.2 Å². The molecule has 6 nitrogen and oxygen atoms in total. The molecule has 0 radical (unpaired) electrons. The predicted molar refractivity (Wildman–Crippen MR) is 111 cm³/mol. The number of anilines is 1. The summed E-state index contributed by atoms with van der Waals surface area (Å²) in [6.45, 7) is 10.3. The Bertz CT molecular complexity index is 754. The maximum absolute atomic E-state index is 12.4. The van der Waals surface area contributed by atoms with Crippen molar-refractivity contribution in [2.24, 2.45) is 11.8 Å². The summed E-state index contributed by atoms with van der Waals surface area (Å²) in [4.78, 5) is 14.9. The summed E-state index contributed by atoms with van der Waals surface area (Å²) in [5.41, 5.74) is 1.82. The number of nitrogens with zero attached hydrogens (tertiary/aromatic N) is 2. The average Bonchev–Trinajstić information content (AvgIpc) is 2.56. The lowest BCUT2D eigenvalue weighted by atomic mass is 9.92. The molecule has 0 aliphatic carbocycles. The molecule has 7 heteroatoms. The van der Waals surface area contributed by atoms with Gasteiger partial charge in [0.15, 0.2) is 0 Å². The van der Waals surface area contributed by atoms with Gasteiger partial charge in [-0.05, 0) is 55.8 Å². The van der Waals surface area contributed by atoms with Crippen molar-refractivity contribution in [3.8, 4) is 0 Å². The zero-order valence-electron chi connectivity index (χ0n) is 17.2. The number of likely N-dealkylation sites (tertiary alicyclic amines) is 1. The molecule has 27 heavy (non-hydrogen) atoms. The molecule has 2 unspecified atom stereocenters. The summed E-state index contributed by atoms with van der Waals surface area (Å²) in [7, 11) is -1.87. The van der Waals surface area contributed by atoms with Crippen LogP contribution in [0.25, 0.3) is 0 Å². The highest BCUT2D eigenvalue weighted by atomic mass is 32.2.